The number of para-hydroxylation sites is 1. The first-order valence-corrected chi connectivity index (χ1v) is 7.79. The molecule has 1 aromatic carbocycles. The van der Waals surface area contributed by atoms with E-state index in [1.807, 2.05) is 30.3 Å². The lowest BCUT2D eigenvalue weighted by Crippen LogP contribution is -2.28. The fourth-order valence-corrected chi connectivity index (χ4v) is 2.76. The van der Waals surface area contributed by atoms with Crippen molar-refractivity contribution in [1.29, 1.82) is 0 Å². The van der Waals surface area contributed by atoms with Gasteiger partial charge in [0, 0.05) is 18.7 Å². The molecule has 1 aliphatic rings. The molecule has 0 aromatic heterocycles. The first-order valence-electron chi connectivity index (χ1n) is 6.91. The summed E-state index contributed by atoms with van der Waals surface area (Å²) in [5, 5.41) is 5.72. The Bertz CT molecular complexity index is 543. The number of nitrogens with zero attached hydrogens (tertiary/aromatic N) is 1. The van der Waals surface area contributed by atoms with Gasteiger partial charge in [0.25, 0.3) is 0 Å². The van der Waals surface area contributed by atoms with E-state index in [4.69, 9.17) is 0 Å². The van der Waals surface area contributed by atoms with Crippen molar-refractivity contribution in [2.24, 2.45) is 10.9 Å². The molecule has 1 fully saturated rings. The number of rotatable bonds is 5. The molecule has 5 nitrogen and oxygen atoms in total. The van der Waals surface area contributed by atoms with E-state index in [0.717, 1.165) is 5.69 Å². The Kier molecular flexibility index (Phi) is 5.38. The topological polar surface area (TPSA) is 70.6 Å². The van der Waals surface area contributed by atoms with Gasteiger partial charge in [-0.25, -0.2) is 0 Å². The highest BCUT2D eigenvalue weighted by Crippen LogP contribution is 2.23. The van der Waals surface area contributed by atoms with E-state index < -0.39 is 5.25 Å². The number of anilines is 1. The van der Waals surface area contributed by atoms with E-state index in [0.29, 0.717) is 17.6 Å². The Morgan fingerprint density at radius 3 is 2.76 bits per heavy atom. The van der Waals surface area contributed by atoms with E-state index >= 15 is 0 Å². The molecule has 1 atom stereocenters. The summed E-state index contributed by atoms with van der Waals surface area (Å²) < 4.78 is 0. The highest BCUT2D eigenvalue weighted by Gasteiger charge is 2.31. The minimum Gasteiger partial charge on any atom is -0.326 e. The molecule has 0 unspecified atom stereocenters. The Hall–Kier alpha value is -1.82. The van der Waals surface area contributed by atoms with Crippen molar-refractivity contribution in [2.45, 2.75) is 25.5 Å². The number of thioether (sulfide) groups is 1. The number of hydrogen-bond acceptors (Lipinski definition) is 4. The molecule has 0 saturated carbocycles. The van der Waals surface area contributed by atoms with Gasteiger partial charge < -0.3 is 10.6 Å². The van der Waals surface area contributed by atoms with Crippen molar-refractivity contribution in [3.05, 3.63) is 30.3 Å². The highest BCUT2D eigenvalue weighted by molar-refractivity contribution is 8.15. The Labute approximate surface area is 128 Å². The molecule has 2 amide bonds. The molecule has 0 spiro atoms. The summed E-state index contributed by atoms with van der Waals surface area (Å²) in [7, 11) is 0. The highest BCUT2D eigenvalue weighted by atomic mass is 32.2. The van der Waals surface area contributed by atoms with E-state index in [1.54, 1.807) is 0 Å². The third-order valence-corrected chi connectivity index (χ3v) is 3.92. The lowest BCUT2D eigenvalue weighted by molar-refractivity contribution is -0.122. The fraction of sp³-hybridized carbons (Fsp3) is 0.400. The summed E-state index contributed by atoms with van der Waals surface area (Å²) in [6.45, 7) is 4.80. The van der Waals surface area contributed by atoms with Gasteiger partial charge in [-0.05, 0) is 18.1 Å². The predicted octanol–water partition coefficient (Wildman–Crippen LogP) is 2.26. The molecular formula is C15H19N3O2S. The standard InChI is InChI=1S/C15H19N3O2S/c1-10(2)9-16-15-18-14(20)12(21-15)8-13(19)17-11-6-4-3-5-7-11/h3-7,10,12H,8-9H2,1-2H3,(H,17,19)(H,16,18,20)/t12-/m1/s1. The summed E-state index contributed by atoms with van der Waals surface area (Å²) in [6, 6.07) is 9.21. The van der Waals surface area contributed by atoms with Gasteiger partial charge in [0.1, 0.15) is 5.25 Å². The second kappa shape index (κ2) is 7.26. The summed E-state index contributed by atoms with van der Waals surface area (Å²) >= 11 is 1.33. The van der Waals surface area contributed by atoms with Gasteiger partial charge in [-0.3, -0.25) is 14.6 Å². The van der Waals surface area contributed by atoms with E-state index in [9.17, 15) is 9.59 Å². The monoisotopic (exact) mass is 305 g/mol. The van der Waals surface area contributed by atoms with Gasteiger partial charge in [0.2, 0.25) is 11.8 Å². The van der Waals surface area contributed by atoms with Crippen molar-refractivity contribution >= 4 is 34.4 Å². The van der Waals surface area contributed by atoms with Crippen molar-refractivity contribution in [1.82, 2.24) is 5.32 Å². The Morgan fingerprint density at radius 1 is 1.38 bits per heavy atom. The van der Waals surface area contributed by atoms with Gasteiger partial charge in [-0.1, -0.05) is 43.8 Å². The van der Waals surface area contributed by atoms with Gasteiger partial charge in [-0.2, -0.15) is 0 Å². The van der Waals surface area contributed by atoms with Crippen LogP contribution in [0.5, 0.6) is 0 Å². The molecular weight excluding hydrogens is 286 g/mol. The Balaban J connectivity index is 1.87. The molecule has 1 aliphatic heterocycles. The Morgan fingerprint density at radius 2 is 2.10 bits per heavy atom. The molecule has 0 bridgehead atoms. The van der Waals surface area contributed by atoms with E-state index in [2.05, 4.69) is 29.5 Å². The van der Waals surface area contributed by atoms with Crippen molar-refractivity contribution in [3.63, 3.8) is 0 Å². The average Bonchev–Trinajstić information content (AvgIpc) is 2.78. The maximum Gasteiger partial charge on any atom is 0.240 e. The van der Waals surface area contributed by atoms with Crippen molar-refractivity contribution in [2.75, 3.05) is 11.9 Å². The number of aliphatic imine (C=N–C) groups is 1. The van der Waals surface area contributed by atoms with Crippen LogP contribution in [0, 0.1) is 5.92 Å². The lowest BCUT2D eigenvalue weighted by Gasteiger charge is -2.07. The third-order valence-electron chi connectivity index (χ3n) is 2.80. The zero-order chi connectivity index (χ0) is 15.2. The van der Waals surface area contributed by atoms with Crippen molar-refractivity contribution in [3.8, 4) is 0 Å². The molecule has 0 aliphatic carbocycles. The van der Waals surface area contributed by atoms with Crippen LogP contribution in [0.25, 0.3) is 0 Å². The van der Waals surface area contributed by atoms with Gasteiger partial charge >= 0.3 is 0 Å². The zero-order valence-electron chi connectivity index (χ0n) is 12.1. The molecule has 1 saturated heterocycles. The zero-order valence-corrected chi connectivity index (χ0v) is 12.9. The summed E-state index contributed by atoms with van der Waals surface area (Å²) in [5.74, 6) is 0.125. The second-order valence-electron chi connectivity index (χ2n) is 5.25. The van der Waals surface area contributed by atoms with Crippen LogP contribution >= 0.6 is 11.8 Å². The minimum atomic E-state index is -0.403. The number of nitrogens with one attached hydrogen (secondary N) is 2. The summed E-state index contributed by atoms with van der Waals surface area (Å²) in [6.07, 6.45) is 0.145. The van der Waals surface area contributed by atoms with Gasteiger partial charge in [0.05, 0.1) is 0 Å². The maximum atomic E-state index is 11.9. The normalized spacial score (nSPS) is 19.9. The smallest absolute Gasteiger partial charge is 0.240 e. The summed E-state index contributed by atoms with van der Waals surface area (Å²) in [5.41, 5.74) is 0.736. The summed E-state index contributed by atoms with van der Waals surface area (Å²) in [4.78, 5) is 28.1. The number of carbonyl (C=O) groups excluding carboxylic acids is 2. The van der Waals surface area contributed by atoms with E-state index in [1.165, 1.54) is 11.8 Å². The van der Waals surface area contributed by atoms with Crippen molar-refractivity contribution < 1.29 is 9.59 Å². The molecule has 112 valence electrons. The molecule has 1 heterocycles. The molecule has 6 heteroatoms. The van der Waals surface area contributed by atoms with Crippen LogP contribution in [0.1, 0.15) is 20.3 Å². The quantitative estimate of drug-likeness (QED) is 0.876. The number of amides is 2. The van der Waals surface area contributed by atoms with Crippen LogP contribution in [0.15, 0.2) is 35.3 Å². The molecule has 2 rings (SSSR count). The first-order chi connectivity index (χ1) is 10.0. The number of hydrogen-bond donors (Lipinski definition) is 2. The molecule has 21 heavy (non-hydrogen) atoms. The van der Waals surface area contributed by atoms with Crippen LogP contribution in [0.2, 0.25) is 0 Å². The van der Waals surface area contributed by atoms with Gasteiger partial charge in [-0.15, -0.1) is 0 Å². The molecule has 0 radical (unpaired) electrons. The average molecular weight is 305 g/mol. The number of carbonyl (C=O) groups is 2. The first kappa shape index (κ1) is 15.6. The van der Waals surface area contributed by atoms with E-state index in [-0.39, 0.29) is 18.2 Å². The lowest BCUT2D eigenvalue weighted by atomic mass is 10.2. The number of amidine groups is 1. The maximum absolute atomic E-state index is 11.9. The van der Waals surface area contributed by atoms with Crippen LogP contribution in [0.3, 0.4) is 0 Å². The number of benzene rings is 1. The van der Waals surface area contributed by atoms with Crippen LogP contribution in [-0.4, -0.2) is 28.8 Å². The second-order valence-corrected chi connectivity index (χ2v) is 6.45. The molecule has 1 aromatic rings. The fourth-order valence-electron chi connectivity index (χ4n) is 1.78. The molecule has 2 N–H and O–H groups in total. The van der Waals surface area contributed by atoms with Gasteiger partial charge in [0.15, 0.2) is 5.17 Å². The van der Waals surface area contributed by atoms with Crippen LogP contribution < -0.4 is 10.6 Å². The third kappa shape index (κ3) is 4.90. The minimum absolute atomic E-state index is 0.145. The van der Waals surface area contributed by atoms with Crippen LogP contribution in [-0.2, 0) is 9.59 Å². The predicted molar refractivity (Wildman–Crippen MR) is 86.4 cm³/mol. The van der Waals surface area contributed by atoms with Crippen LogP contribution in [0.4, 0.5) is 5.69 Å². The SMILES string of the molecule is CC(C)CN=C1NC(=O)[C@@H](CC(=O)Nc2ccccc2)S1. The largest absolute Gasteiger partial charge is 0.326 e.